The summed E-state index contributed by atoms with van der Waals surface area (Å²) < 4.78 is 11.2. The summed E-state index contributed by atoms with van der Waals surface area (Å²) >= 11 is 0. The number of nitrogens with zero attached hydrogens (tertiary/aromatic N) is 1. The van der Waals surface area contributed by atoms with Crippen molar-refractivity contribution in [2.45, 2.75) is 44.9 Å². The first kappa shape index (κ1) is 13.6. The van der Waals surface area contributed by atoms with Gasteiger partial charge in [0.25, 0.3) is 0 Å². The summed E-state index contributed by atoms with van der Waals surface area (Å²) in [4.78, 5) is 2.44. The summed E-state index contributed by atoms with van der Waals surface area (Å²) in [5.74, 6) is 2.00. The second-order valence-corrected chi connectivity index (χ2v) is 5.13. The molecule has 3 atom stereocenters. The molecule has 4 nitrogen and oxygen atoms in total. The molecule has 0 radical (unpaired) electrons. The first-order valence-corrected chi connectivity index (χ1v) is 6.70. The maximum Gasteiger partial charge on any atom is 0.121 e. The number of hydrogen-bond donors (Lipinski definition) is 1. The first-order chi connectivity index (χ1) is 8.65. The van der Waals surface area contributed by atoms with Crippen LogP contribution in [-0.4, -0.2) is 37.2 Å². The summed E-state index contributed by atoms with van der Waals surface area (Å²) in [6.07, 6.45) is 2.42. The molecular weight excluding hydrogens is 228 g/mol. The maximum atomic E-state index is 5.90. The lowest BCUT2D eigenvalue weighted by molar-refractivity contribution is -0.00517. The largest absolute Gasteiger partial charge is 0.465 e. The molecule has 102 valence electrons. The minimum atomic E-state index is 0.282. The lowest BCUT2D eigenvalue weighted by Crippen LogP contribution is -2.49. The number of piperidine rings is 1. The molecule has 1 saturated heterocycles. The summed E-state index contributed by atoms with van der Waals surface area (Å²) in [5, 5.41) is 0. The van der Waals surface area contributed by atoms with Gasteiger partial charge in [-0.15, -0.1) is 0 Å². The minimum absolute atomic E-state index is 0.282. The van der Waals surface area contributed by atoms with Crippen molar-refractivity contribution in [3.63, 3.8) is 0 Å². The average Bonchev–Trinajstić information content (AvgIpc) is 2.83. The quantitative estimate of drug-likeness (QED) is 0.891. The molecule has 0 saturated carbocycles. The average molecular weight is 252 g/mol. The van der Waals surface area contributed by atoms with Crippen LogP contribution in [0.15, 0.2) is 16.5 Å². The van der Waals surface area contributed by atoms with Gasteiger partial charge in [0.2, 0.25) is 0 Å². The van der Waals surface area contributed by atoms with E-state index >= 15 is 0 Å². The van der Waals surface area contributed by atoms with E-state index in [2.05, 4.69) is 17.9 Å². The maximum absolute atomic E-state index is 5.90. The smallest absolute Gasteiger partial charge is 0.121 e. The number of likely N-dealkylation sites (tertiary alicyclic amines) is 1. The predicted octanol–water partition coefficient (Wildman–Crippen LogP) is 2.09. The molecule has 0 bridgehead atoms. The Labute approximate surface area is 109 Å². The zero-order valence-electron chi connectivity index (χ0n) is 11.6. The van der Waals surface area contributed by atoms with E-state index in [4.69, 9.17) is 14.9 Å². The summed E-state index contributed by atoms with van der Waals surface area (Å²) in [7, 11) is 1.78. The van der Waals surface area contributed by atoms with Crippen LogP contribution in [0.25, 0.3) is 0 Å². The summed E-state index contributed by atoms with van der Waals surface area (Å²) in [5.41, 5.74) is 5.90. The van der Waals surface area contributed by atoms with Gasteiger partial charge in [-0.2, -0.15) is 0 Å². The highest BCUT2D eigenvalue weighted by Crippen LogP contribution is 2.29. The highest BCUT2D eigenvalue weighted by molar-refractivity contribution is 5.10. The van der Waals surface area contributed by atoms with Gasteiger partial charge in [-0.25, -0.2) is 0 Å². The first-order valence-electron chi connectivity index (χ1n) is 6.70. The molecular formula is C14H24N2O2. The molecule has 0 amide bonds. The van der Waals surface area contributed by atoms with E-state index in [1.165, 1.54) is 0 Å². The minimum Gasteiger partial charge on any atom is -0.465 e. The Morgan fingerprint density at radius 2 is 2.33 bits per heavy atom. The topological polar surface area (TPSA) is 51.6 Å². The van der Waals surface area contributed by atoms with Crippen LogP contribution in [0.1, 0.15) is 37.3 Å². The molecule has 1 aromatic heterocycles. The molecule has 2 rings (SSSR count). The Morgan fingerprint density at radius 1 is 1.56 bits per heavy atom. The third kappa shape index (κ3) is 2.76. The van der Waals surface area contributed by atoms with Gasteiger partial charge in [0.1, 0.15) is 11.5 Å². The fourth-order valence-corrected chi connectivity index (χ4v) is 2.83. The third-order valence-electron chi connectivity index (χ3n) is 3.99. The monoisotopic (exact) mass is 252 g/mol. The molecule has 0 aromatic carbocycles. The number of ether oxygens (including phenoxy) is 1. The fraction of sp³-hybridized carbons (Fsp3) is 0.714. The van der Waals surface area contributed by atoms with E-state index in [0.717, 1.165) is 30.9 Å². The van der Waals surface area contributed by atoms with E-state index in [9.17, 15) is 0 Å². The van der Waals surface area contributed by atoms with Gasteiger partial charge in [-0.05, 0) is 38.8 Å². The van der Waals surface area contributed by atoms with E-state index in [1.807, 2.05) is 13.0 Å². The van der Waals surface area contributed by atoms with Crippen molar-refractivity contribution in [2.24, 2.45) is 5.73 Å². The van der Waals surface area contributed by atoms with Crippen molar-refractivity contribution in [2.75, 3.05) is 20.2 Å². The summed E-state index contributed by atoms with van der Waals surface area (Å²) in [6, 6.07) is 4.75. The van der Waals surface area contributed by atoms with Gasteiger partial charge in [0.05, 0.1) is 12.1 Å². The van der Waals surface area contributed by atoms with Crippen molar-refractivity contribution in [1.82, 2.24) is 4.90 Å². The SMILES string of the molecule is COC1CCN(C(C)c2ccc(C)o2)C(CN)C1. The standard InChI is InChI=1S/C14H24N2O2/c1-10-4-5-14(18-10)11(2)16-7-6-13(17-3)8-12(16)9-15/h4-5,11-13H,6-9,15H2,1-3H3. The summed E-state index contributed by atoms with van der Waals surface area (Å²) in [6.45, 7) is 5.85. The molecule has 3 unspecified atom stereocenters. The van der Waals surface area contributed by atoms with Crippen LogP contribution in [0.2, 0.25) is 0 Å². The fourth-order valence-electron chi connectivity index (χ4n) is 2.83. The zero-order valence-corrected chi connectivity index (χ0v) is 11.6. The lowest BCUT2D eigenvalue weighted by Gasteiger charge is -2.41. The lowest BCUT2D eigenvalue weighted by atomic mass is 9.97. The Morgan fingerprint density at radius 3 is 2.89 bits per heavy atom. The van der Waals surface area contributed by atoms with Crippen LogP contribution < -0.4 is 5.73 Å². The Hall–Kier alpha value is -0.840. The van der Waals surface area contributed by atoms with Crippen molar-refractivity contribution in [1.29, 1.82) is 0 Å². The van der Waals surface area contributed by atoms with Crippen molar-refractivity contribution in [3.05, 3.63) is 23.7 Å². The van der Waals surface area contributed by atoms with E-state index in [0.29, 0.717) is 18.7 Å². The molecule has 2 N–H and O–H groups in total. The van der Waals surface area contributed by atoms with Crippen molar-refractivity contribution < 1.29 is 9.15 Å². The normalized spacial score (nSPS) is 27.3. The van der Waals surface area contributed by atoms with Crippen LogP contribution >= 0.6 is 0 Å². The van der Waals surface area contributed by atoms with E-state index in [-0.39, 0.29) is 6.04 Å². The number of hydrogen-bond acceptors (Lipinski definition) is 4. The van der Waals surface area contributed by atoms with Gasteiger partial charge in [-0.1, -0.05) is 0 Å². The molecule has 1 aliphatic rings. The number of furan rings is 1. The molecule has 1 aromatic rings. The molecule has 1 fully saturated rings. The van der Waals surface area contributed by atoms with Crippen LogP contribution in [0.5, 0.6) is 0 Å². The molecule has 2 heterocycles. The van der Waals surface area contributed by atoms with Crippen molar-refractivity contribution in [3.8, 4) is 0 Å². The second kappa shape index (κ2) is 5.87. The van der Waals surface area contributed by atoms with E-state index in [1.54, 1.807) is 7.11 Å². The van der Waals surface area contributed by atoms with Crippen LogP contribution in [0.3, 0.4) is 0 Å². The van der Waals surface area contributed by atoms with Gasteiger partial charge in [0, 0.05) is 26.2 Å². The Kier molecular flexibility index (Phi) is 4.43. The number of aryl methyl sites for hydroxylation is 1. The molecule has 0 aliphatic carbocycles. The second-order valence-electron chi connectivity index (χ2n) is 5.13. The number of rotatable bonds is 4. The molecule has 4 heteroatoms. The Balaban J connectivity index is 2.07. The number of methoxy groups -OCH3 is 1. The van der Waals surface area contributed by atoms with Gasteiger partial charge < -0.3 is 14.9 Å². The third-order valence-corrected chi connectivity index (χ3v) is 3.99. The number of nitrogens with two attached hydrogens (primary N) is 1. The molecule has 18 heavy (non-hydrogen) atoms. The zero-order chi connectivity index (χ0) is 13.1. The van der Waals surface area contributed by atoms with Gasteiger partial charge >= 0.3 is 0 Å². The van der Waals surface area contributed by atoms with E-state index < -0.39 is 0 Å². The van der Waals surface area contributed by atoms with Crippen LogP contribution in [0.4, 0.5) is 0 Å². The predicted molar refractivity (Wildman–Crippen MR) is 71.4 cm³/mol. The highest BCUT2D eigenvalue weighted by atomic mass is 16.5. The van der Waals surface area contributed by atoms with Crippen LogP contribution in [0, 0.1) is 6.92 Å². The molecule has 0 spiro atoms. The highest BCUT2D eigenvalue weighted by Gasteiger charge is 2.32. The Bertz CT molecular complexity index is 378. The molecule has 1 aliphatic heterocycles. The van der Waals surface area contributed by atoms with Gasteiger partial charge in [0.15, 0.2) is 0 Å². The van der Waals surface area contributed by atoms with Gasteiger partial charge in [-0.3, -0.25) is 4.90 Å². The van der Waals surface area contributed by atoms with Crippen LogP contribution in [-0.2, 0) is 4.74 Å². The van der Waals surface area contributed by atoms with Crippen molar-refractivity contribution >= 4 is 0 Å².